The van der Waals surface area contributed by atoms with E-state index in [1.165, 1.54) is 0 Å². The normalized spacial score (nSPS) is 16.6. The van der Waals surface area contributed by atoms with Gasteiger partial charge in [-0.15, -0.1) is 0 Å². The Kier molecular flexibility index (Phi) is 3.86. The Labute approximate surface area is 106 Å². The SMILES string of the molecule is NCc1cccc(Cl)c1N1CCCNC(=O)C1. The summed E-state index contributed by atoms with van der Waals surface area (Å²) >= 11 is 6.21. The maximum absolute atomic E-state index is 11.6. The first-order chi connectivity index (χ1) is 8.22. The predicted molar refractivity (Wildman–Crippen MR) is 69.2 cm³/mol. The van der Waals surface area contributed by atoms with Gasteiger partial charge in [0.1, 0.15) is 0 Å². The minimum absolute atomic E-state index is 0.0328. The van der Waals surface area contributed by atoms with Crippen molar-refractivity contribution in [3.05, 3.63) is 28.8 Å². The van der Waals surface area contributed by atoms with Crippen LogP contribution in [-0.2, 0) is 11.3 Å². The highest BCUT2D eigenvalue weighted by molar-refractivity contribution is 6.33. The van der Waals surface area contributed by atoms with Gasteiger partial charge in [0.25, 0.3) is 0 Å². The van der Waals surface area contributed by atoms with Crippen molar-refractivity contribution in [1.82, 2.24) is 5.32 Å². The topological polar surface area (TPSA) is 58.4 Å². The molecule has 0 radical (unpaired) electrons. The first-order valence-electron chi connectivity index (χ1n) is 5.71. The van der Waals surface area contributed by atoms with E-state index in [0.717, 1.165) is 30.8 Å². The van der Waals surface area contributed by atoms with Crippen molar-refractivity contribution in [2.75, 3.05) is 24.5 Å². The Hall–Kier alpha value is -1.26. The average Bonchev–Trinajstić information content (AvgIpc) is 2.53. The molecule has 1 saturated heterocycles. The number of hydrogen-bond donors (Lipinski definition) is 2. The molecule has 1 aromatic rings. The van der Waals surface area contributed by atoms with E-state index in [1.807, 2.05) is 23.1 Å². The third-order valence-corrected chi connectivity index (χ3v) is 3.17. The molecule has 0 aliphatic carbocycles. The van der Waals surface area contributed by atoms with E-state index in [1.54, 1.807) is 0 Å². The molecule has 0 unspecified atom stereocenters. The fourth-order valence-electron chi connectivity index (χ4n) is 2.08. The molecule has 0 aromatic heterocycles. The summed E-state index contributed by atoms with van der Waals surface area (Å²) in [6, 6.07) is 5.66. The van der Waals surface area contributed by atoms with Gasteiger partial charge in [-0.25, -0.2) is 0 Å². The van der Waals surface area contributed by atoms with Crippen LogP contribution in [0.15, 0.2) is 18.2 Å². The number of anilines is 1. The molecule has 1 aliphatic rings. The standard InChI is InChI=1S/C12H16ClN3O/c13-10-4-1-3-9(7-14)12(10)16-6-2-5-15-11(17)8-16/h1,3-4H,2,5-8,14H2,(H,15,17). The Morgan fingerprint density at radius 1 is 1.47 bits per heavy atom. The van der Waals surface area contributed by atoms with Crippen LogP contribution in [0, 0.1) is 0 Å². The van der Waals surface area contributed by atoms with Gasteiger partial charge >= 0.3 is 0 Å². The van der Waals surface area contributed by atoms with Gasteiger partial charge in [-0.1, -0.05) is 23.7 Å². The van der Waals surface area contributed by atoms with E-state index in [0.29, 0.717) is 18.1 Å². The highest BCUT2D eigenvalue weighted by atomic mass is 35.5. The van der Waals surface area contributed by atoms with Crippen LogP contribution in [0.1, 0.15) is 12.0 Å². The largest absolute Gasteiger partial charge is 0.361 e. The molecular formula is C12H16ClN3O. The number of nitrogens with one attached hydrogen (secondary N) is 1. The second kappa shape index (κ2) is 5.38. The summed E-state index contributed by atoms with van der Waals surface area (Å²) in [6.45, 7) is 2.30. The summed E-state index contributed by atoms with van der Waals surface area (Å²) < 4.78 is 0. The van der Waals surface area contributed by atoms with Crippen LogP contribution < -0.4 is 16.0 Å². The molecule has 0 saturated carbocycles. The molecule has 1 amide bonds. The molecule has 1 fully saturated rings. The lowest BCUT2D eigenvalue weighted by Crippen LogP contribution is -2.33. The minimum atomic E-state index is 0.0328. The monoisotopic (exact) mass is 253 g/mol. The lowest BCUT2D eigenvalue weighted by Gasteiger charge is -2.25. The Bertz CT molecular complexity index is 422. The van der Waals surface area contributed by atoms with Crippen molar-refractivity contribution in [3.8, 4) is 0 Å². The minimum Gasteiger partial charge on any atom is -0.361 e. The zero-order valence-corrected chi connectivity index (χ0v) is 10.3. The quantitative estimate of drug-likeness (QED) is 0.831. The molecule has 3 N–H and O–H groups in total. The van der Waals surface area contributed by atoms with E-state index in [9.17, 15) is 4.79 Å². The number of carbonyl (C=O) groups excluding carboxylic acids is 1. The molecule has 4 nitrogen and oxygen atoms in total. The van der Waals surface area contributed by atoms with Crippen molar-refractivity contribution < 1.29 is 4.79 Å². The number of nitrogens with two attached hydrogens (primary N) is 1. The van der Waals surface area contributed by atoms with Crippen LogP contribution >= 0.6 is 11.6 Å². The van der Waals surface area contributed by atoms with Crippen LogP contribution in [-0.4, -0.2) is 25.5 Å². The van der Waals surface area contributed by atoms with Crippen LogP contribution in [0.2, 0.25) is 5.02 Å². The van der Waals surface area contributed by atoms with Gasteiger partial charge in [-0.2, -0.15) is 0 Å². The summed E-state index contributed by atoms with van der Waals surface area (Å²) in [7, 11) is 0. The summed E-state index contributed by atoms with van der Waals surface area (Å²) in [5, 5.41) is 3.50. The summed E-state index contributed by atoms with van der Waals surface area (Å²) in [4.78, 5) is 13.6. The van der Waals surface area contributed by atoms with E-state index in [4.69, 9.17) is 17.3 Å². The first kappa shape index (κ1) is 12.2. The lowest BCUT2D eigenvalue weighted by molar-refractivity contribution is -0.119. The van der Waals surface area contributed by atoms with Gasteiger partial charge in [0, 0.05) is 19.6 Å². The van der Waals surface area contributed by atoms with Crippen LogP contribution in [0.3, 0.4) is 0 Å². The summed E-state index contributed by atoms with van der Waals surface area (Å²) in [6.07, 6.45) is 0.918. The molecular weight excluding hydrogens is 238 g/mol. The number of amides is 1. The summed E-state index contributed by atoms with van der Waals surface area (Å²) in [5.41, 5.74) is 7.59. The molecule has 1 aromatic carbocycles. The third-order valence-electron chi connectivity index (χ3n) is 2.87. The highest BCUT2D eigenvalue weighted by Gasteiger charge is 2.19. The number of rotatable bonds is 2. The lowest BCUT2D eigenvalue weighted by atomic mass is 10.1. The molecule has 1 aliphatic heterocycles. The molecule has 17 heavy (non-hydrogen) atoms. The Morgan fingerprint density at radius 2 is 2.29 bits per heavy atom. The number of para-hydroxylation sites is 1. The Morgan fingerprint density at radius 3 is 3.06 bits per heavy atom. The van der Waals surface area contributed by atoms with Gasteiger partial charge in [0.2, 0.25) is 5.91 Å². The third kappa shape index (κ3) is 2.70. The second-order valence-corrected chi connectivity index (χ2v) is 4.48. The zero-order valence-electron chi connectivity index (χ0n) is 9.58. The van der Waals surface area contributed by atoms with Crippen molar-refractivity contribution >= 4 is 23.2 Å². The first-order valence-corrected chi connectivity index (χ1v) is 6.09. The number of halogens is 1. The second-order valence-electron chi connectivity index (χ2n) is 4.08. The predicted octanol–water partition coefficient (Wildman–Crippen LogP) is 1.12. The van der Waals surface area contributed by atoms with Gasteiger partial charge in [0.05, 0.1) is 17.3 Å². The van der Waals surface area contributed by atoms with Crippen molar-refractivity contribution in [2.24, 2.45) is 5.73 Å². The van der Waals surface area contributed by atoms with Crippen molar-refractivity contribution in [1.29, 1.82) is 0 Å². The summed E-state index contributed by atoms with van der Waals surface area (Å²) in [5.74, 6) is 0.0328. The van der Waals surface area contributed by atoms with Crippen LogP contribution in [0.5, 0.6) is 0 Å². The van der Waals surface area contributed by atoms with E-state index >= 15 is 0 Å². The van der Waals surface area contributed by atoms with Gasteiger partial charge in [0.15, 0.2) is 0 Å². The smallest absolute Gasteiger partial charge is 0.239 e. The van der Waals surface area contributed by atoms with Gasteiger partial charge in [-0.3, -0.25) is 4.79 Å². The molecule has 1 heterocycles. The van der Waals surface area contributed by atoms with E-state index in [-0.39, 0.29) is 5.91 Å². The molecule has 92 valence electrons. The number of benzene rings is 1. The fourth-order valence-corrected chi connectivity index (χ4v) is 2.39. The van der Waals surface area contributed by atoms with Gasteiger partial charge in [-0.05, 0) is 18.1 Å². The van der Waals surface area contributed by atoms with Crippen molar-refractivity contribution in [3.63, 3.8) is 0 Å². The molecule has 2 rings (SSSR count). The Balaban J connectivity index is 2.34. The van der Waals surface area contributed by atoms with E-state index in [2.05, 4.69) is 5.32 Å². The maximum atomic E-state index is 11.6. The molecule has 5 heteroatoms. The molecule has 0 bridgehead atoms. The highest BCUT2D eigenvalue weighted by Crippen LogP contribution is 2.30. The van der Waals surface area contributed by atoms with Crippen LogP contribution in [0.4, 0.5) is 5.69 Å². The number of hydrogen-bond acceptors (Lipinski definition) is 3. The number of nitrogens with zero attached hydrogens (tertiary/aromatic N) is 1. The molecule has 0 spiro atoms. The average molecular weight is 254 g/mol. The maximum Gasteiger partial charge on any atom is 0.239 e. The zero-order chi connectivity index (χ0) is 12.3. The van der Waals surface area contributed by atoms with E-state index < -0.39 is 0 Å². The number of carbonyl (C=O) groups is 1. The van der Waals surface area contributed by atoms with Crippen molar-refractivity contribution in [2.45, 2.75) is 13.0 Å². The molecule has 0 atom stereocenters. The van der Waals surface area contributed by atoms with Gasteiger partial charge < -0.3 is 16.0 Å². The van der Waals surface area contributed by atoms with Crippen LogP contribution in [0.25, 0.3) is 0 Å². The fraction of sp³-hybridized carbons (Fsp3) is 0.417.